The Morgan fingerprint density at radius 2 is 2.50 bits per heavy atom. The number of aliphatic hydroxyl groups is 1. The number of pyridine rings is 1. The molecule has 1 saturated heterocycles. The third kappa shape index (κ3) is 3.29. The lowest BCUT2D eigenvalue weighted by Gasteiger charge is -2.34. The fourth-order valence-corrected chi connectivity index (χ4v) is 2.42. The number of carbonyl (C=O) groups excluding carboxylic acids is 1. The van der Waals surface area contributed by atoms with Crippen LogP contribution >= 0.6 is 0 Å². The van der Waals surface area contributed by atoms with E-state index in [0.717, 1.165) is 24.9 Å². The van der Waals surface area contributed by atoms with Crippen molar-refractivity contribution in [3.8, 4) is 0 Å². The molecule has 1 amide bonds. The number of carbonyl (C=O) groups is 1. The number of aromatic nitrogens is 1. The zero-order valence-electron chi connectivity index (χ0n) is 10.7. The van der Waals surface area contributed by atoms with E-state index in [1.165, 1.54) is 0 Å². The highest BCUT2D eigenvalue weighted by Gasteiger charge is 2.26. The molecule has 2 heterocycles. The van der Waals surface area contributed by atoms with Crippen LogP contribution in [0, 0.1) is 5.92 Å². The maximum Gasteiger partial charge on any atom is 0.227 e. The molecule has 18 heavy (non-hydrogen) atoms. The van der Waals surface area contributed by atoms with E-state index in [1.54, 1.807) is 19.3 Å². The summed E-state index contributed by atoms with van der Waals surface area (Å²) in [5.41, 5.74) is 0.946. The summed E-state index contributed by atoms with van der Waals surface area (Å²) in [4.78, 5) is 18.0. The summed E-state index contributed by atoms with van der Waals surface area (Å²) in [6.07, 6.45) is 5.49. The molecule has 1 aliphatic heterocycles. The first-order chi connectivity index (χ1) is 8.66. The molecule has 0 aromatic carbocycles. The third-order valence-electron chi connectivity index (χ3n) is 3.57. The molecule has 1 aliphatic rings. The van der Waals surface area contributed by atoms with Gasteiger partial charge in [0.05, 0.1) is 12.5 Å². The highest BCUT2D eigenvalue weighted by atomic mass is 16.3. The van der Waals surface area contributed by atoms with Crippen molar-refractivity contribution in [2.24, 2.45) is 5.92 Å². The van der Waals surface area contributed by atoms with Crippen molar-refractivity contribution in [1.29, 1.82) is 0 Å². The van der Waals surface area contributed by atoms with Crippen molar-refractivity contribution < 1.29 is 9.90 Å². The Labute approximate surface area is 108 Å². The van der Waals surface area contributed by atoms with Crippen LogP contribution in [-0.4, -0.2) is 40.1 Å². The molecule has 1 aromatic rings. The molecule has 0 aliphatic carbocycles. The van der Waals surface area contributed by atoms with Gasteiger partial charge in [-0.1, -0.05) is 6.07 Å². The van der Waals surface area contributed by atoms with Crippen LogP contribution in [0.4, 0.5) is 0 Å². The van der Waals surface area contributed by atoms with Crippen LogP contribution in [0.25, 0.3) is 0 Å². The second kappa shape index (κ2) is 5.96. The molecule has 1 N–H and O–H groups in total. The lowest BCUT2D eigenvalue weighted by Crippen LogP contribution is -2.43. The summed E-state index contributed by atoms with van der Waals surface area (Å²) < 4.78 is 0. The lowest BCUT2D eigenvalue weighted by molar-refractivity contribution is -0.133. The molecule has 0 radical (unpaired) electrons. The number of hydrogen-bond donors (Lipinski definition) is 1. The van der Waals surface area contributed by atoms with E-state index in [-0.39, 0.29) is 17.9 Å². The minimum absolute atomic E-state index is 0.133. The number of aliphatic hydroxyl groups excluding tert-OH is 1. The normalized spacial score (nSPS) is 21.7. The molecule has 0 saturated carbocycles. The highest BCUT2D eigenvalue weighted by molar-refractivity contribution is 5.78. The van der Waals surface area contributed by atoms with E-state index >= 15 is 0 Å². The summed E-state index contributed by atoms with van der Waals surface area (Å²) in [5, 5.41) is 9.62. The Morgan fingerprint density at radius 3 is 3.17 bits per heavy atom. The van der Waals surface area contributed by atoms with E-state index < -0.39 is 0 Å². The van der Waals surface area contributed by atoms with Crippen LogP contribution in [0.5, 0.6) is 0 Å². The molecule has 0 bridgehead atoms. The first-order valence-corrected chi connectivity index (χ1v) is 6.51. The van der Waals surface area contributed by atoms with Crippen molar-refractivity contribution in [1.82, 2.24) is 9.88 Å². The predicted molar refractivity (Wildman–Crippen MR) is 68.9 cm³/mol. The van der Waals surface area contributed by atoms with Gasteiger partial charge < -0.3 is 10.0 Å². The van der Waals surface area contributed by atoms with Gasteiger partial charge in [0, 0.05) is 31.4 Å². The van der Waals surface area contributed by atoms with Crippen LogP contribution in [0.15, 0.2) is 24.5 Å². The van der Waals surface area contributed by atoms with E-state index in [9.17, 15) is 9.90 Å². The van der Waals surface area contributed by atoms with Crippen LogP contribution < -0.4 is 0 Å². The summed E-state index contributed by atoms with van der Waals surface area (Å²) in [6.45, 7) is 3.29. The number of likely N-dealkylation sites (tertiary alicyclic amines) is 1. The van der Waals surface area contributed by atoms with Crippen molar-refractivity contribution in [2.45, 2.75) is 32.3 Å². The maximum atomic E-state index is 12.2. The Kier molecular flexibility index (Phi) is 4.31. The van der Waals surface area contributed by atoms with E-state index in [0.29, 0.717) is 13.0 Å². The van der Waals surface area contributed by atoms with Gasteiger partial charge >= 0.3 is 0 Å². The monoisotopic (exact) mass is 248 g/mol. The Hall–Kier alpha value is -1.42. The second-order valence-corrected chi connectivity index (χ2v) is 5.02. The molecule has 1 aromatic heterocycles. The van der Waals surface area contributed by atoms with Crippen LogP contribution in [0.1, 0.15) is 25.3 Å². The minimum atomic E-state index is -0.334. The standard InChI is InChI=1S/C14H20N2O2/c1-11(17)13-5-3-7-16(10-13)14(18)8-12-4-2-6-15-9-12/h2,4,6,9,11,13,17H,3,5,7-8,10H2,1H3. The molecule has 1 fully saturated rings. The highest BCUT2D eigenvalue weighted by Crippen LogP contribution is 2.20. The zero-order chi connectivity index (χ0) is 13.0. The molecule has 2 rings (SSSR count). The Morgan fingerprint density at radius 1 is 1.67 bits per heavy atom. The summed E-state index contributed by atoms with van der Waals surface area (Å²) in [7, 11) is 0. The number of rotatable bonds is 3. The SMILES string of the molecule is CC(O)C1CCCN(C(=O)Cc2cccnc2)C1. The third-order valence-corrected chi connectivity index (χ3v) is 3.57. The zero-order valence-corrected chi connectivity index (χ0v) is 10.7. The summed E-state index contributed by atoms with van der Waals surface area (Å²) in [6, 6.07) is 3.76. The van der Waals surface area contributed by atoms with Crippen molar-refractivity contribution in [3.63, 3.8) is 0 Å². The minimum Gasteiger partial charge on any atom is -0.393 e. The molecule has 4 heteroatoms. The fourth-order valence-electron chi connectivity index (χ4n) is 2.42. The van der Waals surface area contributed by atoms with Gasteiger partial charge in [-0.3, -0.25) is 9.78 Å². The first-order valence-electron chi connectivity index (χ1n) is 6.51. The topological polar surface area (TPSA) is 53.4 Å². The smallest absolute Gasteiger partial charge is 0.227 e. The summed E-state index contributed by atoms with van der Waals surface area (Å²) in [5.74, 6) is 0.352. The molecular weight excluding hydrogens is 228 g/mol. The van der Waals surface area contributed by atoms with Crippen LogP contribution in [0.3, 0.4) is 0 Å². The number of hydrogen-bond acceptors (Lipinski definition) is 3. The number of piperidine rings is 1. The van der Waals surface area contributed by atoms with Crippen molar-refractivity contribution >= 4 is 5.91 Å². The fraction of sp³-hybridized carbons (Fsp3) is 0.571. The summed E-state index contributed by atoms with van der Waals surface area (Å²) >= 11 is 0. The van der Waals surface area contributed by atoms with Gasteiger partial charge in [-0.2, -0.15) is 0 Å². The largest absolute Gasteiger partial charge is 0.393 e. The predicted octanol–water partition coefficient (Wildman–Crippen LogP) is 1.24. The Balaban J connectivity index is 1.93. The molecule has 2 unspecified atom stereocenters. The molecule has 98 valence electrons. The Bertz CT molecular complexity index is 392. The molecule has 4 nitrogen and oxygen atoms in total. The molecule has 2 atom stereocenters. The number of nitrogens with zero attached hydrogens (tertiary/aromatic N) is 2. The van der Waals surface area contributed by atoms with Gasteiger partial charge in [0.15, 0.2) is 0 Å². The van der Waals surface area contributed by atoms with Gasteiger partial charge in [-0.05, 0) is 31.4 Å². The van der Waals surface area contributed by atoms with Gasteiger partial charge in [0.1, 0.15) is 0 Å². The van der Waals surface area contributed by atoms with Crippen LogP contribution in [-0.2, 0) is 11.2 Å². The van der Waals surface area contributed by atoms with E-state index in [1.807, 2.05) is 17.0 Å². The average molecular weight is 248 g/mol. The number of amides is 1. The van der Waals surface area contributed by atoms with Crippen molar-refractivity contribution in [3.05, 3.63) is 30.1 Å². The van der Waals surface area contributed by atoms with Gasteiger partial charge in [0.2, 0.25) is 5.91 Å². The lowest BCUT2D eigenvalue weighted by atomic mass is 9.93. The van der Waals surface area contributed by atoms with Gasteiger partial charge in [0.25, 0.3) is 0 Å². The van der Waals surface area contributed by atoms with E-state index in [2.05, 4.69) is 4.98 Å². The van der Waals surface area contributed by atoms with Gasteiger partial charge in [-0.25, -0.2) is 0 Å². The first kappa shape index (κ1) is 13.0. The van der Waals surface area contributed by atoms with E-state index in [4.69, 9.17) is 0 Å². The maximum absolute atomic E-state index is 12.2. The van der Waals surface area contributed by atoms with Crippen LogP contribution in [0.2, 0.25) is 0 Å². The average Bonchev–Trinajstić information content (AvgIpc) is 2.40. The van der Waals surface area contributed by atoms with Gasteiger partial charge in [-0.15, -0.1) is 0 Å². The molecular formula is C14H20N2O2. The second-order valence-electron chi connectivity index (χ2n) is 5.02. The van der Waals surface area contributed by atoms with Crippen molar-refractivity contribution in [2.75, 3.05) is 13.1 Å². The molecule has 0 spiro atoms. The quantitative estimate of drug-likeness (QED) is 0.875.